The van der Waals surface area contributed by atoms with E-state index in [1.807, 2.05) is 61.5 Å². The van der Waals surface area contributed by atoms with Crippen LogP contribution in [0.3, 0.4) is 0 Å². The van der Waals surface area contributed by atoms with Gasteiger partial charge in [0.05, 0.1) is 6.61 Å². The minimum Gasteiger partial charge on any atom is -0.369 e. The van der Waals surface area contributed by atoms with Gasteiger partial charge in [0.15, 0.2) is 5.82 Å². The maximum absolute atomic E-state index is 13.3. The van der Waals surface area contributed by atoms with E-state index in [4.69, 9.17) is 4.74 Å². The Kier molecular flexibility index (Phi) is 5.06. The second kappa shape index (κ2) is 7.91. The van der Waals surface area contributed by atoms with Crippen LogP contribution in [0.15, 0.2) is 70.4 Å². The average molecular weight is 431 g/mol. The highest BCUT2D eigenvalue weighted by molar-refractivity contribution is 5.86. The lowest BCUT2D eigenvalue weighted by molar-refractivity contribution is 0.0987. The summed E-state index contributed by atoms with van der Waals surface area (Å²) in [4.78, 5) is 27.7. The van der Waals surface area contributed by atoms with E-state index in [2.05, 4.69) is 12.0 Å². The summed E-state index contributed by atoms with van der Waals surface area (Å²) in [5.74, 6) is 0.493. The first-order chi connectivity index (χ1) is 15.5. The van der Waals surface area contributed by atoms with Crippen molar-refractivity contribution < 1.29 is 4.74 Å². The molecule has 2 heterocycles. The summed E-state index contributed by atoms with van der Waals surface area (Å²) in [6, 6.07) is 17.4. The van der Waals surface area contributed by atoms with Gasteiger partial charge in [0.25, 0.3) is 5.56 Å². The van der Waals surface area contributed by atoms with Crippen molar-refractivity contribution in [3.05, 3.63) is 98.6 Å². The zero-order chi connectivity index (χ0) is 22.3. The van der Waals surface area contributed by atoms with Crippen molar-refractivity contribution in [3.8, 4) is 0 Å². The van der Waals surface area contributed by atoms with E-state index in [1.54, 1.807) is 10.8 Å². The maximum atomic E-state index is 13.3. The van der Waals surface area contributed by atoms with Crippen LogP contribution in [0, 0.1) is 0 Å². The van der Waals surface area contributed by atoms with Crippen molar-refractivity contribution in [1.29, 1.82) is 0 Å². The molecule has 5 rings (SSSR count). The molecule has 1 aliphatic carbocycles. The van der Waals surface area contributed by atoms with E-state index in [9.17, 15) is 9.59 Å². The van der Waals surface area contributed by atoms with Crippen molar-refractivity contribution in [2.45, 2.75) is 51.9 Å². The number of rotatable bonds is 7. The molecule has 0 saturated heterocycles. The third kappa shape index (κ3) is 3.48. The summed E-state index contributed by atoms with van der Waals surface area (Å²) in [7, 11) is 0. The van der Waals surface area contributed by atoms with Crippen LogP contribution in [0.5, 0.6) is 0 Å². The SMILES string of the molecule is CCn1c(COCc2ccccc2)nn(-n2cc(C3(C)CC3)c3ccccc3c2=O)c1=O. The first-order valence-electron chi connectivity index (χ1n) is 11.0. The lowest BCUT2D eigenvalue weighted by atomic mass is 9.95. The molecule has 0 N–H and O–H groups in total. The molecule has 32 heavy (non-hydrogen) atoms. The van der Waals surface area contributed by atoms with Gasteiger partial charge in [-0.25, -0.2) is 4.79 Å². The molecule has 4 aromatic rings. The molecule has 0 aliphatic heterocycles. The third-order valence-electron chi connectivity index (χ3n) is 6.34. The number of aromatic nitrogens is 4. The highest BCUT2D eigenvalue weighted by Gasteiger charge is 2.41. The summed E-state index contributed by atoms with van der Waals surface area (Å²) >= 11 is 0. The number of hydrogen-bond donors (Lipinski definition) is 0. The van der Waals surface area contributed by atoms with E-state index in [-0.39, 0.29) is 23.3 Å². The Morgan fingerprint density at radius 1 is 0.969 bits per heavy atom. The summed E-state index contributed by atoms with van der Waals surface area (Å²) in [6.07, 6.45) is 3.92. The Morgan fingerprint density at radius 2 is 1.66 bits per heavy atom. The van der Waals surface area contributed by atoms with Gasteiger partial charge in [-0.1, -0.05) is 55.5 Å². The van der Waals surface area contributed by atoms with Gasteiger partial charge in [0.2, 0.25) is 0 Å². The number of nitrogens with zero attached hydrogens (tertiary/aromatic N) is 4. The van der Waals surface area contributed by atoms with Crippen molar-refractivity contribution in [2.75, 3.05) is 0 Å². The average Bonchev–Trinajstić information content (AvgIpc) is 3.48. The number of pyridine rings is 1. The molecule has 0 amide bonds. The van der Waals surface area contributed by atoms with Gasteiger partial charge in [0.1, 0.15) is 6.61 Å². The predicted molar refractivity (Wildman–Crippen MR) is 123 cm³/mol. The molecular weight excluding hydrogens is 404 g/mol. The zero-order valence-electron chi connectivity index (χ0n) is 18.3. The van der Waals surface area contributed by atoms with E-state index in [0.29, 0.717) is 24.4 Å². The Labute approximate surface area is 185 Å². The molecule has 1 fully saturated rings. The molecule has 164 valence electrons. The fourth-order valence-electron chi connectivity index (χ4n) is 4.18. The number of ether oxygens (including phenoxy) is 1. The first-order valence-corrected chi connectivity index (χ1v) is 11.0. The molecule has 1 saturated carbocycles. The number of benzene rings is 2. The van der Waals surface area contributed by atoms with Crippen molar-refractivity contribution >= 4 is 10.8 Å². The predicted octanol–water partition coefficient (Wildman–Crippen LogP) is 3.46. The van der Waals surface area contributed by atoms with Gasteiger partial charge in [0, 0.05) is 18.1 Å². The van der Waals surface area contributed by atoms with E-state index in [0.717, 1.165) is 29.4 Å². The summed E-state index contributed by atoms with van der Waals surface area (Å²) < 4.78 is 8.72. The van der Waals surface area contributed by atoms with Crippen LogP contribution in [-0.4, -0.2) is 19.1 Å². The van der Waals surface area contributed by atoms with Gasteiger partial charge in [-0.05, 0) is 47.8 Å². The molecular formula is C25H26N4O3. The monoisotopic (exact) mass is 430 g/mol. The highest BCUT2D eigenvalue weighted by atomic mass is 16.5. The van der Waals surface area contributed by atoms with Crippen molar-refractivity contribution in [3.63, 3.8) is 0 Å². The fourth-order valence-corrected chi connectivity index (χ4v) is 4.18. The Bertz CT molecular complexity index is 1390. The van der Waals surface area contributed by atoms with Crippen molar-refractivity contribution in [1.82, 2.24) is 19.1 Å². The van der Waals surface area contributed by atoms with Crippen LogP contribution < -0.4 is 11.2 Å². The van der Waals surface area contributed by atoms with Crippen LogP contribution in [0.4, 0.5) is 0 Å². The molecule has 0 spiro atoms. The van der Waals surface area contributed by atoms with Gasteiger partial charge in [-0.3, -0.25) is 9.36 Å². The van der Waals surface area contributed by atoms with Crippen LogP contribution >= 0.6 is 0 Å². The lowest BCUT2D eigenvalue weighted by Gasteiger charge is -2.15. The van der Waals surface area contributed by atoms with Crippen LogP contribution in [0.25, 0.3) is 10.8 Å². The molecule has 0 unspecified atom stereocenters. The van der Waals surface area contributed by atoms with Crippen LogP contribution in [0.2, 0.25) is 0 Å². The smallest absolute Gasteiger partial charge is 0.366 e. The molecule has 1 aliphatic rings. The molecule has 0 bridgehead atoms. The standard InChI is InChI=1S/C25H26N4O3/c1-3-27-22(17-32-16-18-9-5-4-6-10-18)26-29(24(27)31)28-15-21(25(2)13-14-25)19-11-7-8-12-20(19)23(28)30/h4-12,15H,3,13-14,16-17H2,1-2H3. The van der Waals surface area contributed by atoms with Crippen LogP contribution in [-0.2, 0) is 29.9 Å². The third-order valence-corrected chi connectivity index (χ3v) is 6.34. The zero-order valence-corrected chi connectivity index (χ0v) is 18.3. The quantitative estimate of drug-likeness (QED) is 0.450. The molecule has 2 aromatic heterocycles. The van der Waals surface area contributed by atoms with E-state index in [1.165, 1.54) is 9.47 Å². The summed E-state index contributed by atoms with van der Waals surface area (Å²) in [5.41, 5.74) is 1.54. The van der Waals surface area contributed by atoms with E-state index >= 15 is 0 Å². The maximum Gasteiger partial charge on any atom is 0.366 e. The topological polar surface area (TPSA) is 71.0 Å². The molecule has 0 radical (unpaired) electrons. The number of hydrogen-bond acceptors (Lipinski definition) is 4. The molecule has 2 aromatic carbocycles. The first kappa shape index (κ1) is 20.5. The Hall–Kier alpha value is -3.45. The minimum absolute atomic E-state index is 0.0214. The Morgan fingerprint density at radius 3 is 2.34 bits per heavy atom. The summed E-state index contributed by atoms with van der Waals surface area (Å²) in [5, 5.41) is 6.04. The normalized spacial score (nSPS) is 14.7. The molecule has 7 heteroatoms. The fraction of sp³-hybridized carbons (Fsp3) is 0.320. The van der Waals surface area contributed by atoms with Gasteiger partial charge >= 0.3 is 5.69 Å². The van der Waals surface area contributed by atoms with E-state index < -0.39 is 0 Å². The van der Waals surface area contributed by atoms with Gasteiger partial charge < -0.3 is 4.74 Å². The number of fused-ring (bicyclic) bond motifs is 1. The molecule has 0 atom stereocenters. The second-order valence-corrected chi connectivity index (χ2v) is 8.61. The Balaban J connectivity index is 1.56. The second-order valence-electron chi connectivity index (χ2n) is 8.61. The van der Waals surface area contributed by atoms with Gasteiger partial charge in [-0.2, -0.15) is 4.68 Å². The molecule has 7 nitrogen and oxygen atoms in total. The lowest BCUT2D eigenvalue weighted by Crippen LogP contribution is -2.36. The minimum atomic E-state index is -0.352. The largest absolute Gasteiger partial charge is 0.369 e. The van der Waals surface area contributed by atoms with Gasteiger partial charge in [-0.15, -0.1) is 9.89 Å². The van der Waals surface area contributed by atoms with Crippen LogP contribution in [0.1, 0.15) is 43.6 Å². The van der Waals surface area contributed by atoms with Crippen molar-refractivity contribution in [2.24, 2.45) is 0 Å². The highest BCUT2D eigenvalue weighted by Crippen LogP contribution is 2.49. The summed E-state index contributed by atoms with van der Waals surface area (Å²) in [6.45, 7) is 5.12.